The topological polar surface area (TPSA) is 65.1 Å². The SMILES string of the molecule is [C-]#[N+]CC(=O)N(CCO)CCO. The van der Waals surface area contributed by atoms with Crippen LogP contribution in [-0.2, 0) is 4.79 Å². The molecule has 68 valence electrons. The van der Waals surface area contributed by atoms with E-state index in [0.717, 1.165) is 0 Å². The highest BCUT2D eigenvalue weighted by Crippen LogP contribution is 1.89. The van der Waals surface area contributed by atoms with Crippen molar-refractivity contribution in [3.05, 3.63) is 11.4 Å². The quantitative estimate of drug-likeness (QED) is 0.508. The minimum Gasteiger partial charge on any atom is -0.395 e. The molecule has 1 amide bonds. The van der Waals surface area contributed by atoms with Crippen LogP contribution in [0.2, 0.25) is 0 Å². The molecule has 0 saturated carbocycles. The number of amides is 1. The van der Waals surface area contributed by atoms with Crippen LogP contribution in [0.1, 0.15) is 0 Å². The van der Waals surface area contributed by atoms with Crippen molar-refractivity contribution in [2.24, 2.45) is 0 Å². The molecule has 0 aromatic carbocycles. The van der Waals surface area contributed by atoms with Crippen LogP contribution >= 0.6 is 0 Å². The van der Waals surface area contributed by atoms with Gasteiger partial charge in [0.25, 0.3) is 6.54 Å². The van der Waals surface area contributed by atoms with Crippen LogP contribution in [0.4, 0.5) is 0 Å². The first kappa shape index (κ1) is 10.9. The molecule has 0 unspecified atom stereocenters. The molecule has 0 atom stereocenters. The first-order valence-electron chi connectivity index (χ1n) is 3.59. The van der Waals surface area contributed by atoms with E-state index >= 15 is 0 Å². The van der Waals surface area contributed by atoms with Gasteiger partial charge in [-0.1, -0.05) is 0 Å². The van der Waals surface area contributed by atoms with Crippen LogP contribution in [0.25, 0.3) is 4.85 Å². The third-order valence-corrected chi connectivity index (χ3v) is 1.31. The number of hydrogen-bond donors (Lipinski definition) is 2. The Labute approximate surface area is 71.0 Å². The lowest BCUT2D eigenvalue weighted by atomic mass is 10.4. The molecule has 0 aromatic heterocycles. The maximum atomic E-state index is 11.0. The first-order valence-corrected chi connectivity index (χ1v) is 3.59. The second kappa shape index (κ2) is 6.58. The molecule has 12 heavy (non-hydrogen) atoms. The van der Waals surface area contributed by atoms with Gasteiger partial charge in [-0.15, -0.1) is 0 Å². The van der Waals surface area contributed by atoms with Gasteiger partial charge in [-0.2, -0.15) is 0 Å². The van der Waals surface area contributed by atoms with Gasteiger partial charge in [0, 0.05) is 13.1 Å². The molecule has 2 N–H and O–H groups in total. The van der Waals surface area contributed by atoms with Crippen molar-refractivity contribution in [2.75, 3.05) is 32.8 Å². The third kappa shape index (κ3) is 3.91. The largest absolute Gasteiger partial charge is 0.395 e. The second-order valence-corrected chi connectivity index (χ2v) is 2.14. The van der Waals surface area contributed by atoms with Crippen molar-refractivity contribution < 1.29 is 15.0 Å². The molecule has 0 spiro atoms. The lowest BCUT2D eigenvalue weighted by Gasteiger charge is -2.17. The van der Waals surface area contributed by atoms with E-state index in [2.05, 4.69) is 4.85 Å². The van der Waals surface area contributed by atoms with Gasteiger partial charge >= 0.3 is 5.91 Å². The molecule has 0 aliphatic carbocycles. The summed E-state index contributed by atoms with van der Waals surface area (Å²) in [6, 6.07) is 0. The van der Waals surface area contributed by atoms with Gasteiger partial charge < -0.3 is 20.0 Å². The highest BCUT2D eigenvalue weighted by atomic mass is 16.3. The number of carbonyl (C=O) groups is 1. The molecule has 0 heterocycles. The van der Waals surface area contributed by atoms with Gasteiger partial charge in [0.05, 0.1) is 13.2 Å². The number of rotatable bonds is 5. The summed E-state index contributed by atoms with van der Waals surface area (Å²) in [4.78, 5) is 15.2. The van der Waals surface area contributed by atoms with Crippen molar-refractivity contribution in [1.29, 1.82) is 0 Å². The molecule has 5 heteroatoms. The smallest absolute Gasteiger partial charge is 0.302 e. The molecule has 0 saturated heterocycles. The van der Waals surface area contributed by atoms with Crippen molar-refractivity contribution in [3.8, 4) is 0 Å². The number of hydrogen-bond acceptors (Lipinski definition) is 3. The van der Waals surface area contributed by atoms with Crippen LogP contribution < -0.4 is 0 Å². The summed E-state index contributed by atoms with van der Waals surface area (Å²) in [5.41, 5.74) is 0. The Morgan fingerprint density at radius 2 is 1.83 bits per heavy atom. The lowest BCUT2D eigenvalue weighted by molar-refractivity contribution is -0.130. The van der Waals surface area contributed by atoms with Crippen molar-refractivity contribution >= 4 is 5.91 Å². The Bertz CT molecular complexity index is 170. The van der Waals surface area contributed by atoms with Crippen LogP contribution in [0.15, 0.2) is 0 Å². The predicted octanol–water partition coefficient (Wildman–Crippen LogP) is -1.28. The highest BCUT2D eigenvalue weighted by Gasteiger charge is 2.13. The van der Waals surface area contributed by atoms with E-state index in [1.807, 2.05) is 0 Å². The molecule has 0 aliphatic rings. The molecular weight excluding hydrogens is 160 g/mol. The fourth-order valence-electron chi connectivity index (χ4n) is 0.770. The summed E-state index contributed by atoms with van der Waals surface area (Å²) in [6.07, 6.45) is 0. The number of aliphatic hydroxyl groups excluding tert-OH is 2. The molecule has 0 rings (SSSR count). The zero-order valence-corrected chi connectivity index (χ0v) is 6.73. The highest BCUT2D eigenvalue weighted by molar-refractivity contribution is 5.79. The monoisotopic (exact) mass is 172 g/mol. The van der Waals surface area contributed by atoms with E-state index in [4.69, 9.17) is 16.8 Å². The number of carbonyl (C=O) groups excluding carboxylic acids is 1. The lowest BCUT2D eigenvalue weighted by Crippen LogP contribution is -2.37. The van der Waals surface area contributed by atoms with Gasteiger partial charge in [0.2, 0.25) is 0 Å². The standard InChI is InChI=1S/C7H12N2O3/c1-8-6-7(12)9(2-4-10)3-5-11/h10-11H,2-6H2. The summed E-state index contributed by atoms with van der Waals surface area (Å²) >= 11 is 0. The maximum absolute atomic E-state index is 11.0. The molecule has 0 bridgehead atoms. The van der Waals surface area contributed by atoms with Gasteiger partial charge in [-0.05, 0) is 0 Å². The van der Waals surface area contributed by atoms with E-state index in [9.17, 15) is 4.79 Å². The average Bonchev–Trinajstić information content (AvgIpc) is 2.04. The fourth-order valence-corrected chi connectivity index (χ4v) is 0.770. The fraction of sp³-hybridized carbons (Fsp3) is 0.714. The van der Waals surface area contributed by atoms with Gasteiger partial charge in [0.15, 0.2) is 0 Å². The zero-order valence-electron chi connectivity index (χ0n) is 6.73. The molecule has 5 nitrogen and oxygen atoms in total. The summed E-state index contributed by atoms with van der Waals surface area (Å²) in [5, 5.41) is 17.1. The Morgan fingerprint density at radius 3 is 2.17 bits per heavy atom. The molecule has 0 aliphatic heterocycles. The van der Waals surface area contributed by atoms with Crippen LogP contribution in [0.5, 0.6) is 0 Å². The van der Waals surface area contributed by atoms with Gasteiger partial charge in [-0.3, -0.25) is 4.79 Å². The molecule has 0 aromatic rings. The summed E-state index contributed by atoms with van der Waals surface area (Å²) < 4.78 is 0. The van der Waals surface area contributed by atoms with Crippen molar-refractivity contribution in [2.45, 2.75) is 0 Å². The van der Waals surface area contributed by atoms with Gasteiger partial charge in [0.1, 0.15) is 0 Å². The van der Waals surface area contributed by atoms with Gasteiger partial charge in [-0.25, -0.2) is 6.57 Å². The normalized spacial score (nSPS) is 9.08. The Morgan fingerprint density at radius 1 is 1.33 bits per heavy atom. The summed E-state index contributed by atoms with van der Waals surface area (Å²) in [5.74, 6) is -0.354. The maximum Gasteiger partial charge on any atom is 0.302 e. The Kier molecular flexibility index (Phi) is 5.97. The molecule has 0 radical (unpaired) electrons. The van der Waals surface area contributed by atoms with E-state index in [1.54, 1.807) is 0 Å². The van der Waals surface area contributed by atoms with Crippen LogP contribution in [-0.4, -0.2) is 53.9 Å². The second-order valence-electron chi connectivity index (χ2n) is 2.14. The Balaban J connectivity index is 3.92. The Hall–Kier alpha value is -1.12. The van der Waals surface area contributed by atoms with E-state index in [1.165, 1.54) is 4.90 Å². The minimum atomic E-state index is -0.354. The molecular formula is C7H12N2O3. The van der Waals surface area contributed by atoms with E-state index in [0.29, 0.717) is 0 Å². The average molecular weight is 172 g/mol. The van der Waals surface area contributed by atoms with Crippen molar-refractivity contribution in [1.82, 2.24) is 4.90 Å². The summed E-state index contributed by atoms with van der Waals surface area (Å²) in [6.45, 7) is 6.27. The minimum absolute atomic E-state index is 0.149. The van der Waals surface area contributed by atoms with Crippen LogP contribution in [0, 0.1) is 6.57 Å². The number of nitrogens with zero attached hydrogens (tertiary/aromatic N) is 2. The van der Waals surface area contributed by atoms with E-state index < -0.39 is 0 Å². The first-order chi connectivity index (χ1) is 5.76. The predicted molar refractivity (Wildman–Crippen MR) is 42.2 cm³/mol. The zero-order chi connectivity index (χ0) is 9.40. The van der Waals surface area contributed by atoms with E-state index in [-0.39, 0.29) is 38.8 Å². The van der Waals surface area contributed by atoms with Crippen molar-refractivity contribution in [3.63, 3.8) is 0 Å². The third-order valence-electron chi connectivity index (χ3n) is 1.31. The number of aliphatic hydroxyl groups is 2. The summed E-state index contributed by atoms with van der Waals surface area (Å²) in [7, 11) is 0. The van der Waals surface area contributed by atoms with Crippen LogP contribution in [0.3, 0.4) is 0 Å². The molecule has 0 fully saturated rings.